The first-order valence-electron chi connectivity index (χ1n) is 6.48. The van der Waals surface area contributed by atoms with Gasteiger partial charge in [-0.1, -0.05) is 15.9 Å². The first kappa shape index (κ1) is 15.0. The molecule has 7 nitrogen and oxygen atoms in total. The third-order valence-electron chi connectivity index (χ3n) is 4.08. The Morgan fingerprint density at radius 3 is 2.19 bits per heavy atom. The highest BCUT2D eigenvalue weighted by Gasteiger charge is 2.48. The van der Waals surface area contributed by atoms with Gasteiger partial charge in [-0.05, 0) is 17.7 Å². The van der Waals surface area contributed by atoms with E-state index in [2.05, 4.69) is 15.9 Å². The maximum atomic E-state index is 10.2. The number of fused-ring (bicyclic) bond motifs is 1. The Kier molecular flexibility index (Phi) is 3.85. The average molecular weight is 362 g/mol. The maximum absolute atomic E-state index is 10.2. The van der Waals surface area contributed by atoms with Crippen molar-refractivity contribution in [2.45, 2.75) is 36.4 Å². The van der Waals surface area contributed by atoms with Crippen LogP contribution < -0.4 is 15.2 Å². The van der Waals surface area contributed by atoms with Gasteiger partial charge in [0.15, 0.2) is 11.5 Å². The van der Waals surface area contributed by atoms with Crippen molar-refractivity contribution in [2.75, 3.05) is 6.79 Å². The monoisotopic (exact) mass is 361 g/mol. The van der Waals surface area contributed by atoms with Gasteiger partial charge in [0.05, 0.1) is 12.2 Å². The molecule has 1 heterocycles. The van der Waals surface area contributed by atoms with Crippen molar-refractivity contribution in [3.63, 3.8) is 0 Å². The summed E-state index contributed by atoms with van der Waals surface area (Å²) >= 11 is 3.37. The predicted molar refractivity (Wildman–Crippen MR) is 75.0 cm³/mol. The Morgan fingerprint density at radius 1 is 0.952 bits per heavy atom. The average Bonchev–Trinajstić information content (AvgIpc) is 2.90. The molecular formula is C13H16BrNO6. The molecule has 6 atom stereocenters. The van der Waals surface area contributed by atoms with Crippen molar-refractivity contribution in [2.24, 2.45) is 5.73 Å². The van der Waals surface area contributed by atoms with Crippen LogP contribution in [0, 0.1) is 0 Å². The minimum absolute atomic E-state index is 0.106. The molecule has 0 unspecified atom stereocenters. The molecule has 3 rings (SSSR count). The van der Waals surface area contributed by atoms with Crippen LogP contribution in [0.25, 0.3) is 0 Å². The number of halogens is 1. The summed E-state index contributed by atoms with van der Waals surface area (Å²) in [6.07, 6.45) is -5.62. The van der Waals surface area contributed by atoms with Gasteiger partial charge in [-0.25, -0.2) is 0 Å². The van der Waals surface area contributed by atoms with E-state index < -0.39 is 36.4 Å². The highest BCUT2D eigenvalue weighted by molar-refractivity contribution is 9.10. The van der Waals surface area contributed by atoms with Gasteiger partial charge in [0.25, 0.3) is 0 Å². The Morgan fingerprint density at radius 2 is 1.52 bits per heavy atom. The Balaban J connectivity index is 2.02. The second-order valence-corrected chi connectivity index (χ2v) is 6.15. The standard InChI is InChI=1S/C13H16BrNO6/c14-5-2-7-6(20-3-21-7)1-4(5)8-9(15)11(17)13(19)12(18)10(8)16/h1-2,8-13,16-19H,3,15H2/t8-,9-,10-,11+,12+,13+/m1/s1. The molecule has 0 aromatic heterocycles. The summed E-state index contributed by atoms with van der Waals surface area (Å²) < 4.78 is 11.2. The van der Waals surface area contributed by atoms with Crippen molar-refractivity contribution in [3.05, 3.63) is 22.2 Å². The van der Waals surface area contributed by atoms with E-state index in [0.29, 0.717) is 21.5 Å². The molecule has 0 saturated heterocycles. The fourth-order valence-electron chi connectivity index (χ4n) is 2.86. The summed E-state index contributed by atoms with van der Waals surface area (Å²) in [7, 11) is 0. The number of aliphatic hydroxyl groups excluding tert-OH is 4. The molecule has 0 bridgehead atoms. The Bertz CT molecular complexity index is 540. The third-order valence-corrected chi connectivity index (χ3v) is 4.76. The molecule has 8 heteroatoms. The molecule has 1 aliphatic carbocycles. The molecule has 6 N–H and O–H groups in total. The first-order valence-corrected chi connectivity index (χ1v) is 7.28. The fourth-order valence-corrected chi connectivity index (χ4v) is 3.45. The summed E-state index contributed by atoms with van der Waals surface area (Å²) in [5.41, 5.74) is 6.51. The summed E-state index contributed by atoms with van der Waals surface area (Å²) in [4.78, 5) is 0. The van der Waals surface area contributed by atoms with E-state index in [9.17, 15) is 20.4 Å². The lowest BCUT2D eigenvalue weighted by atomic mass is 9.74. The zero-order chi connectivity index (χ0) is 15.3. The van der Waals surface area contributed by atoms with E-state index in [-0.39, 0.29) is 6.79 Å². The highest BCUT2D eigenvalue weighted by atomic mass is 79.9. The highest BCUT2D eigenvalue weighted by Crippen LogP contribution is 2.43. The van der Waals surface area contributed by atoms with Crippen LogP contribution in [0.1, 0.15) is 11.5 Å². The van der Waals surface area contributed by atoms with Gasteiger partial charge in [0, 0.05) is 16.4 Å². The van der Waals surface area contributed by atoms with Crippen LogP contribution in [-0.2, 0) is 0 Å². The van der Waals surface area contributed by atoms with Gasteiger partial charge in [0.1, 0.15) is 12.2 Å². The molecule has 1 saturated carbocycles. The molecular weight excluding hydrogens is 346 g/mol. The second kappa shape index (κ2) is 5.38. The minimum atomic E-state index is -1.49. The largest absolute Gasteiger partial charge is 0.454 e. The van der Waals surface area contributed by atoms with E-state index in [1.807, 2.05) is 0 Å². The molecule has 1 fully saturated rings. The van der Waals surface area contributed by atoms with Crippen LogP contribution >= 0.6 is 15.9 Å². The molecule has 1 aliphatic heterocycles. The third kappa shape index (κ3) is 2.32. The fraction of sp³-hybridized carbons (Fsp3) is 0.538. The SMILES string of the molecule is N[C@H]1[C@H](O)[C@H](O)[C@@H](O)[C@H](O)[C@@H]1c1cc2c(cc1Br)OCO2. The van der Waals surface area contributed by atoms with E-state index in [1.165, 1.54) is 0 Å². The van der Waals surface area contributed by atoms with Crippen LogP contribution in [0.15, 0.2) is 16.6 Å². The number of hydrogen-bond acceptors (Lipinski definition) is 7. The van der Waals surface area contributed by atoms with Crippen molar-refractivity contribution in [1.29, 1.82) is 0 Å². The van der Waals surface area contributed by atoms with E-state index >= 15 is 0 Å². The number of benzene rings is 1. The van der Waals surface area contributed by atoms with E-state index in [0.717, 1.165) is 0 Å². The molecule has 0 radical (unpaired) electrons. The number of aliphatic hydroxyl groups is 4. The van der Waals surface area contributed by atoms with Gasteiger partial charge >= 0.3 is 0 Å². The summed E-state index contributed by atoms with van der Waals surface area (Å²) in [6, 6.07) is 2.40. The van der Waals surface area contributed by atoms with Gasteiger partial charge in [0.2, 0.25) is 6.79 Å². The number of nitrogens with two attached hydrogens (primary N) is 1. The van der Waals surface area contributed by atoms with Crippen LogP contribution in [-0.4, -0.2) is 57.7 Å². The lowest BCUT2D eigenvalue weighted by molar-refractivity contribution is -0.151. The van der Waals surface area contributed by atoms with Crippen molar-refractivity contribution in [1.82, 2.24) is 0 Å². The van der Waals surface area contributed by atoms with Gasteiger partial charge < -0.3 is 35.6 Å². The van der Waals surface area contributed by atoms with Crippen molar-refractivity contribution in [3.8, 4) is 11.5 Å². The van der Waals surface area contributed by atoms with Crippen LogP contribution in [0.3, 0.4) is 0 Å². The molecule has 2 aliphatic rings. The predicted octanol–water partition coefficient (Wildman–Crippen LogP) is -0.954. The minimum Gasteiger partial charge on any atom is -0.454 e. The Hall–Kier alpha value is -0.900. The topological polar surface area (TPSA) is 125 Å². The quantitative estimate of drug-likeness (QED) is 0.436. The molecule has 0 spiro atoms. The molecule has 21 heavy (non-hydrogen) atoms. The van der Waals surface area contributed by atoms with Crippen molar-refractivity contribution >= 4 is 15.9 Å². The van der Waals surface area contributed by atoms with Crippen LogP contribution in [0.4, 0.5) is 0 Å². The molecule has 1 aromatic rings. The van der Waals surface area contributed by atoms with E-state index in [1.54, 1.807) is 12.1 Å². The summed E-state index contributed by atoms with van der Waals surface area (Å²) in [5, 5.41) is 39.7. The zero-order valence-electron chi connectivity index (χ0n) is 10.9. The number of ether oxygens (including phenoxy) is 2. The second-order valence-electron chi connectivity index (χ2n) is 5.29. The number of rotatable bonds is 1. The Labute approximate surface area is 129 Å². The van der Waals surface area contributed by atoms with Crippen molar-refractivity contribution < 1.29 is 29.9 Å². The number of hydrogen-bond donors (Lipinski definition) is 5. The smallest absolute Gasteiger partial charge is 0.231 e. The first-order chi connectivity index (χ1) is 9.91. The summed E-state index contributed by atoms with van der Waals surface area (Å²) in [6.45, 7) is 0.106. The van der Waals surface area contributed by atoms with Crippen LogP contribution in [0.2, 0.25) is 0 Å². The molecule has 0 amide bonds. The van der Waals surface area contributed by atoms with Crippen LogP contribution in [0.5, 0.6) is 11.5 Å². The molecule has 1 aromatic carbocycles. The normalized spacial score (nSPS) is 38.6. The van der Waals surface area contributed by atoms with Gasteiger partial charge in [-0.15, -0.1) is 0 Å². The lowest BCUT2D eigenvalue weighted by Crippen LogP contribution is -2.62. The molecule has 116 valence electrons. The van der Waals surface area contributed by atoms with Gasteiger partial charge in [-0.2, -0.15) is 0 Å². The van der Waals surface area contributed by atoms with E-state index in [4.69, 9.17) is 15.2 Å². The zero-order valence-corrected chi connectivity index (χ0v) is 12.5. The summed E-state index contributed by atoms with van der Waals surface area (Å²) in [5.74, 6) is 0.301. The lowest BCUT2D eigenvalue weighted by Gasteiger charge is -2.43. The maximum Gasteiger partial charge on any atom is 0.231 e. The van der Waals surface area contributed by atoms with Gasteiger partial charge in [-0.3, -0.25) is 0 Å².